The van der Waals surface area contributed by atoms with Crippen LogP contribution in [0.2, 0.25) is 5.02 Å². The number of halogens is 4. The van der Waals surface area contributed by atoms with Gasteiger partial charge in [0.15, 0.2) is 5.65 Å². The van der Waals surface area contributed by atoms with Crippen LogP contribution < -0.4 is 5.32 Å². The van der Waals surface area contributed by atoms with Crippen LogP contribution in [-0.4, -0.2) is 35.6 Å². The minimum absolute atomic E-state index is 0.0675. The molecule has 0 bridgehead atoms. The number of nitrogens with one attached hydrogen (secondary N) is 1. The van der Waals surface area contributed by atoms with Crippen LogP contribution in [-0.2, 0) is 17.3 Å². The topological polar surface area (TPSA) is 55.6 Å². The molecule has 132 valence electrons. The number of hydrogen-bond donors (Lipinski definition) is 1. The van der Waals surface area contributed by atoms with Crippen LogP contribution in [0, 0.1) is 0 Å². The van der Waals surface area contributed by atoms with Crippen molar-refractivity contribution in [2.75, 3.05) is 20.3 Å². The van der Waals surface area contributed by atoms with Crippen molar-refractivity contribution in [2.24, 2.45) is 0 Å². The quantitative estimate of drug-likeness (QED) is 0.801. The van der Waals surface area contributed by atoms with Gasteiger partial charge >= 0.3 is 6.18 Å². The Balaban J connectivity index is 2.46. The molecule has 2 heterocycles. The Labute approximate surface area is 141 Å². The van der Waals surface area contributed by atoms with Gasteiger partial charge in [-0.1, -0.05) is 18.5 Å². The summed E-state index contributed by atoms with van der Waals surface area (Å²) in [4.78, 5) is 16.6. The lowest BCUT2D eigenvalue weighted by Gasteiger charge is -2.10. The molecule has 0 saturated carbocycles. The fraction of sp³-hybridized carbons (Fsp3) is 0.467. The number of amides is 1. The molecule has 0 atom stereocenters. The highest BCUT2D eigenvalue weighted by molar-refractivity contribution is 6.33. The molecule has 1 N–H and O–H groups in total. The van der Waals surface area contributed by atoms with Crippen LogP contribution in [0.4, 0.5) is 13.2 Å². The Morgan fingerprint density at radius 1 is 1.46 bits per heavy atom. The lowest BCUT2D eigenvalue weighted by Crippen LogP contribution is -2.27. The predicted molar refractivity (Wildman–Crippen MR) is 83.4 cm³/mol. The van der Waals surface area contributed by atoms with Gasteiger partial charge in [-0.2, -0.15) is 13.2 Å². The van der Waals surface area contributed by atoms with E-state index in [4.69, 9.17) is 16.3 Å². The van der Waals surface area contributed by atoms with Crippen molar-refractivity contribution < 1.29 is 22.7 Å². The summed E-state index contributed by atoms with van der Waals surface area (Å²) in [6, 6.07) is 0.809. The van der Waals surface area contributed by atoms with Gasteiger partial charge in [0.2, 0.25) is 0 Å². The number of aromatic nitrogens is 2. The van der Waals surface area contributed by atoms with E-state index >= 15 is 0 Å². The van der Waals surface area contributed by atoms with E-state index in [2.05, 4.69) is 10.3 Å². The summed E-state index contributed by atoms with van der Waals surface area (Å²) in [6.07, 6.45) is -2.74. The number of pyridine rings is 1. The Morgan fingerprint density at radius 2 is 2.17 bits per heavy atom. The van der Waals surface area contributed by atoms with Crippen molar-refractivity contribution >= 4 is 23.2 Å². The number of imidazole rings is 1. The molecule has 1 amide bonds. The summed E-state index contributed by atoms with van der Waals surface area (Å²) < 4.78 is 45.0. The number of ether oxygens (including phenoxy) is 1. The fourth-order valence-corrected chi connectivity index (χ4v) is 2.55. The van der Waals surface area contributed by atoms with E-state index in [9.17, 15) is 18.0 Å². The van der Waals surface area contributed by atoms with Gasteiger partial charge in [-0.3, -0.25) is 9.20 Å². The molecule has 0 aliphatic rings. The van der Waals surface area contributed by atoms with Gasteiger partial charge in [0, 0.05) is 26.5 Å². The van der Waals surface area contributed by atoms with E-state index in [0.29, 0.717) is 31.7 Å². The van der Waals surface area contributed by atoms with E-state index in [1.54, 1.807) is 14.0 Å². The number of nitrogens with zero attached hydrogens (tertiary/aromatic N) is 2. The average Bonchev–Trinajstić information content (AvgIpc) is 2.89. The Kier molecular flexibility index (Phi) is 5.71. The van der Waals surface area contributed by atoms with E-state index < -0.39 is 17.6 Å². The van der Waals surface area contributed by atoms with Gasteiger partial charge in [-0.15, -0.1) is 0 Å². The van der Waals surface area contributed by atoms with E-state index in [-0.39, 0.29) is 16.4 Å². The summed E-state index contributed by atoms with van der Waals surface area (Å²) >= 11 is 5.93. The molecule has 5 nitrogen and oxygen atoms in total. The lowest BCUT2D eigenvalue weighted by atomic mass is 10.2. The zero-order valence-electron chi connectivity index (χ0n) is 13.2. The van der Waals surface area contributed by atoms with Gasteiger partial charge in [0.05, 0.1) is 16.3 Å². The van der Waals surface area contributed by atoms with Crippen LogP contribution in [0.5, 0.6) is 0 Å². The Hall–Kier alpha value is -1.80. The maximum absolute atomic E-state index is 13.0. The first kappa shape index (κ1) is 18.5. The van der Waals surface area contributed by atoms with E-state index in [1.807, 2.05) is 0 Å². The summed E-state index contributed by atoms with van der Waals surface area (Å²) in [5.74, 6) is -0.495. The third kappa shape index (κ3) is 3.81. The van der Waals surface area contributed by atoms with E-state index in [0.717, 1.165) is 16.7 Å². The molecule has 0 saturated heterocycles. The van der Waals surface area contributed by atoms with Crippen molar-refractivity contribution in [3.05, 3.63) is 34.2 Å². The van der Waals surface area contributed by atoms with Crippen LogP contribution in [0.1, 0.15) is 35.1 Å². The Morgan fingerprint density at radius 3 is 2.75 bits per heavy atom. The van der Waals surface area contributed by atoms with Gasteiger partial charge in [-0.05, 0) is 18.9 Å². The zero-order valence-corrected chi connectivity index (χ0v) is 14.0. The van der Waals surface area contributed by atoms with Crippen molar-refractivity contribution in [1.82, 2.24) is 14.7 Å². The first-order valence-corrected chi connectivity index (χ1v) is 7.72. The number of fused-ring (bicyclic) bond motifs is 1. The van der Waals surface area contributed by atoms with Gasteiger partial charge in [0.25, 0.3) is 5.91 Å². The third-order valence-electron chi connectivity index (χ3n) is 3.44. The molecular weight excluding hydrogens is 347 g/mol. The van der Waals surface area contributed by atoms with Crippen LogP contribution in [0.15, 0.2) is 12.3 Å². The molecule has 24 heavy (non-hydrogen) atoms. The molecule has 0 fully saturated rings. The minimum atomic E-state index is -4.57. The number of alkyl halides is 3. The van der Waals surface area contributed by atoms with Gasteiger partial charge < -0.3 is 10.1 Å². The fourth-order valence-electron chi connectivity index (χ4n) is 2.30. The number of carbonyl (C=O) groups is 1. The van der Waals surface area contributed by atoms with Crippen LogP contribution >= 0.6 is 11.6 Å². The monoisotopic (exact) mass is 363 g/mol. The summed E-state index contributed by atoms with van der Waals surface area (Å²) in [5.41, 5.74) is -0.351. The van der Waals surface area contributed by atoms with Crippen LogP contribution in [0.25, 0.3) is 5.65 Å². The molecule has 2 aromatic rings. The van der Waals surface area contributed by atoms with Crippen molar-refractivity contribution in [3.8, 4) is 0 Å². The highest BCUT2D eigenvalue weighted by atomic mass is 35.5. The normalized spacial score (nSPS) is 11.9. The number of methoxy groups -OCH3 is 1. The highest BCUT2D eigenvalue weighted by Crippen LogP contribution is 2.33. The van der Waals surface area contributed by atoms with Gasteiger partial charge in [0.1, 0.15) is 5.69 Å². The largest absolute Gasteiger partial charge is 0.417 e. The van der Waals surface area contributed by atoms with Crippen molar-refractivity contribution in [2.45, 2.75) is 25.9 Å². The molecule has 0 aliphatic carbocycles. The SMILES string of the molecule is CCc1nc2c(Cl)cc(C(F)(F)F)cn2c1C(=O)NCCCOC. The molecule has 0 aliphatic heterocycles. The first-order valence-electron chi connectivity index (χ1n) is 7.34. The predicted octanol–water partition coefficient (Wildman–Crippen LogP) is 3.34. The molecule has 0 spiro atoms. The molecule has 2 rings (SSSR count). The molecule has 0 unspecified atom stereocenters. The van der Waals surface area contributed by atoms with Gasteiger partial charge in [-0.25, -0.2) is 4.98 Å². The molecular formula is C15H17ClF3N3O2. The Bertz CT molecular complexity index is 744. The maximum Gasteiger partial charge on any atom is 0.417 e. The number of hydrogen-bond acceptors (Lipinski definition) is 3. The molecule has 0 radical (unpaired) electrons. The van der Waals surface area contributed by atoms with E-state index in [1.165, 1.54) is 0 Å². The van der Waals surface area contributed by atoms with Crippen molar-refractivity contribution in [1.29, 1.82) is 0 Å². The lowest BCUT2D eigenvalue weighted by molar-refractivity contribution is -0.137. The summed E-state index contributed by atoms with van der Waals surface area (Å²) in [6.45, 7) is 2.58. The third-order valence-corrected chi connectivity index (χ3v) is 3.71. The zero-order chi connectivity index (χ0) is 17.9. The second kappa shape index (κ2) is 7.40. The smallest absolute Gasteiger partial charge is 0.385 e. The summed E-state index contributed by atoms with van der Waals surface area (Å²) in [5, 5.41) is 2.51. The average molecular weight is 364 g/mol. The van der Waals surface area contributed by atoms with Crippen molar-refractivity contribution in [3.63, 3.8) is 0 Å². The maximum atomic E-state index is 13.0. The molecule has 2 aromatic heterocycles. The number of rotatable bonds is 6. The second-order valence-corrected chi connectivity index (χ2v) is 5.54. The highest BCUT2D eigenvalue weighted by Gasteiger charge is 2.33. The summed E-state index contributed by atoms with van der Waals surface area (Å²) in [7, 11) is 1.54. The minimum Gasteiger partial charge on any atom is -0.385 e. The standard InChI is InChI=1S/C15H17ClF3N3O2/c1-3-11-12(14(23)20-5-4-6-24-2)22-8-9(15(17,18)19)7-10(16)13(22)21-11/h7-8H,3-6H2,1-2H3,(H,20,23). The van der Waals surface area contributed by atoms with Crippen LogP contribution in [0.3, 0.4) is 0 Å². The molecule has 9 heteroatoms. The molecule has 0 aromatic carbocycles. The number of carbonyl (C=O) groups excluding carboxylic acids is 1. The second-order valence-electron chi connectivity index (χ2n) is 5.13. The first-order chi connectivity index (χ1) is 11.3. The number of aryl methyl sites for hydroxylation is 1.